The van der Waals surface area contributed by atoms with Crippen LogP contribution < -0.4 is 10.1 Å². The summed E-state index contributed by atoms with van der Waals surface area (Å²) in [5.41, 5.74) is -0.387. The van der Waals surface area contributed by atoms with E-state index in [2.05, 4.69) is 20.3 Å². The molecular weight excluding hydrogens is 285 g/mol. The molecule has 0 amide bonds. The molecule has 8 heteroatoms. The Kier molecular flexibility index (Phi) is 4.25. The minimum Gasteiger partial charge on any atom is -0.481 e. The molecule has 2 heterocycles. The van der Waals surface area contributed by atoms with Crippen molar-refractivity contribution in [3.63, 3.8) is 0 Å². The summed E-state index contributed by atoms with van der Waals surface area (Å²) in [6, 6.07) is 3.97. The van der Waals surface area contributed by atoms with Gasteiger partial charge >= 0.3 is 6.18 Å². The molecule has 2 rings (SSSR count). The van der Waals surface area contributed by atoms with Crippen molar-refractivity contribution in [2.75, 3.05) is 19.0 Å². The number of nitrogens with one attached hydrogen (secondary N) is 1. The molecule has 2 aromatic heterocycles. The van der Waals surface area contributed by atoms with Crippen molar-refractivity contribution in [2.24, 2.45) is 0 Å². The second-order valence-corrected chi connectivity index (χ2v) is 4.08. The number of nitrogens with zero attached hydrogens (tertiary/aromatic N) is 3. The number of halogens is 3. The third-order valence-electron chi connectivity index (χ3n) is 2.59. The first-order chi connectivity index (χ1) is 9.94. The zero-order valence-corrected chi connectivity index (χ0v) is 11.4. The second-order valence-electron chi connectivity index (χ2n) is 4.08. The molecule has 0 saturated carbocycles. The summed E-state index contributed by atoms with van der Waals surface area (Å²) in [5, 5.41) is 2.69. The summed E-state index contributed by atoms with van der Waals surface area (Å²) in [6.07, 6.45) is -3.10. The Balaban J connectivity index is 2.53. The lowest BCUT2D eigenvalue weighted by molar-refractivity contribution is -0.141. The first kappa shape index (κ1) is 15.0. The monoisotopic (exact) mass is 298 g/mol. The Labute approximate surface area is 119 Å². The predicted octanol–water partition coefficient (Wildman–Crippen LogP) is 3.00. The highest BCUT2D eigenvalue weighted by Gasteiger charge is 2.33. The van der Waals surface area contributed by atoms with Gasteiger partial charge in [0, 0.05) is 24.4 Å². The maximum Gasteiger partial charge on any atom is 0.433 e. The molecule has 0 spiro atoms. The van der Waals surface area contributed by atoms with E-state index in [1.54, 1.807) is 13.0 Å². The van der Waals surface area contributed by atoms with Gasteiger partial charge in [0.2, 0.25) is 11.8 Å². The van der Waals surface area contributed by atoms with Gasteiger partial charge in [-0.1, -0.05) is 0 Å². The van der Waals surface area contributed by atoms with Gasteiger partial charge in [0.1, 0.15) is 0 Å². The van der Waals surface area contributed by atoms with Crippen molar-refractivity contribution >= 4 is 5.95 Å². The largest absolute Gasteiger partial charge is 0.481 e. The molecule has 0 unspecified atom stereocenters. The lowest BCUT2D eigenvalue weighted by Crippen LogP contribution is -2.12. The summed E-state index contributed by atoms with van der Waals surface area (Å²) in [5.74, 6) is 0.225. The van der Waals surface area contributed by atoms with Gasteiger partial charge in [-0.2, -0.15) is 13.2 Å². The number of rotatable bonds is 4. The number of hydrogen-bond acceptors (Lipinski definition) is 5. The Morgan fingerprint density at radius 3 is 2.62 bits per heavy atom. The van der Waals surface area contributed by atoms with E-state index in [0.29, 0.717) is 18.0 Å². The van der Waals surface area contributed by atoms with Gasteiger partial charge in [-0.15, -0.1) is 0 Å². The van der Waals surface area contributed by atoms with Gasteiger partial charge < -0.3 is 10.1 Å². The van der Waals surface area contributed by atoms with E-state index < -0.39 is 11.9 Å². The Morgan fingerprint density at radius 1 is 1.24 bits per heavy atom. The topological polar surface area (TPSA) is 59.9 Å². The zero-order valence-electron chi connectivity index (χ0n) is 11.4. The number of pyridine rings is 1. The van der Waals surface area contributed by atoms with Crippen LogP contribution in [0.4, 0.5) is 19.1 Å². The van der Waals surface area contributed by atoms with E-state index >= 15 is 0 Å². The average molecular weight is 298 g/mol. The van der Waals surface area contributed by atoms with Crippen LogP contribution in [0.25, 0.3) is 11.3 Å². The highest BCUT2D eigenvalue weighted by Crippen LogP contribution is 2.31. The summed E-state index contributed by atoms with van der Waals surface area (Å²) in [7, 11) is 1.43. The van der Waals surface area contributed by atoms with Crippen LogP contribution in [0.1, 0.15) is 12.6 Å². The zero-order chi connectivity index (χ0) is 15.5. The third kappa shape index (κ3) is 3.59. The van der Waals surface area contributed by atoms with Crippen molar-refractivity contribution in [3.05, 3.63) is 30.1 Å². The molecule has 0 aliphatic heterocycles. The molecule has 2 aromatic rings. The van der Waals surface area contributed by atoms with Gasteiger partial charge in [0.05, 0.1) is 12.8 Å². The number of ether oxygens (including phenoxy) is 1. The second kappa shape index (κ2) is 5.94. The lowest BCUT2D eigenvalue weighted by atomic mass is 10.1. The fourth-order valence-electron chi connectivity index (χ4n) is 1.66. The first-order valence-corrected chi connectivity index (χ1v) is 6.14. The van der Waals surface area contributed by atoms with Crippen LogP contribution in [-0.4, -0.2) is 28.6 Å². The Hall–Kier alpha value is -2.38. The molecule has 0 aliphatic carbocycles. The fourth-order valence-corrected chi connectivity index (χ4v) is 1.66. The van der Waals surface area contributed by atoms with Crippen LogP contribution in [0.5, 0.6) is 5.88 Å². The van der Waals surface area contributed by atoms with Crippen molar-refractivity contribution < 1.29 is 17.9 Å². The molecule has 21 heavy (non-hydrogen) atoms. The van der Waals surface area contributed by atoms with E-state index in [0.717, 1.165) is 6.07 Å². The molecule has 0 atom stereocenters. The van der Waals surface area contributed by atoms with E-state index in [1.165, 1.54) is 19.4 Å². The standard InChI is InChI=1S/C13H13F3N4O/c1-3-17-12-19-9(7-10(20-12)13(14,15)16)8-4-5-18-11(6-8)21-2/h4-7H,3H2,1-2H3,(H,17,19,20). The van der Waals surface area contributed by atoms with E-state index in [9.17, 15) is 13.2 Å². The Bertz CT molecular complexity index is 631. The summed E-state index contributed by atoms with van der Waals surface area (Å²) in [6.45, 7) is 2.17. The molecule has 0 bridgehead atoms. The first-order valence-electron chi connectivity index (χ1n) is 6.14. The third-order valence-corrected chi connectivity index (χ3v) is 2.59. The number of anilines is 1. The number of aromatic nitrogens is 3. The summed E-state index contributed by atoms with van der Waals surface area (Å²) >= 11 is 0. The normalized spacial score (nSPS) is 11.3. The molecule has 1 N–H and O–H groups in total. The maximum atomic E-state index is 12.9. The van der Waals surface area contributed by atoms with Crippen molar-refractivity contribution in [1.29, 1.82) is 0 Å². The van der Waals surface area contributed by atoms with Crippen molar-refractivity contribution in [3.8, 4) is 17.1 Å². The van der Waals surface area contributed by atoms with Crippen LogP contribution in [0.3, 0.4) is 0 Å². The average Bonchev–Trinajstić information content (AvgIpc) is 2.46. The smallest absolute Gasteiger partial charge is 0.433 e. The molecule has 0 saturated heterocycles. The van der Waals surface area contributed by atoms with Crippen LogP contribution in [0.15, 0.2) is 24.4 Å². The minimum absolute atomic E-state index is 0.0712. The van der Waals surface area contributed by atoms with Gasteiger partial charge in [0.15, 0.2) is 5.69 Å². The van der Waals surface area contributed by atoms with Crippen LogP contribution in [0.2, 0.25) is 0 Å². The molecule has 0 fully saturated rings. The predicted molar refractivity (Wildman–Crippen MR) is 71.0 cm³/mol. The molecule has 5 nitrogen and oxygen atoms in total. The number of hydrogen-bond donors (Lipinski definition) is 1. The summed E-state index contributed by atoms with van der Waals surface area (Å²) in [4.78, 5) is 11.5. The molecule has 0 aromatic carbocycles. The number of alkyl halides is 3. The van der Waals surface area contributed by atoms with E-state index in [1.807, 2.05) is 0 Å². The Morgan fingerprint density at radius 2 is 2.00 bits per heavy atom. The van der Waals surface area contributed by atoms with Crippen LogP contribution >= 0.6 is 0 Å². The molecule has 112 valence electrons. The van der Waals surface area contributed by atoms with Gasteiger partial charge in [-0.05, 0) is 19.1 Å². The molecule has 0 aliphatic rings. The van der Waals surface area contributed by atoms with Crippen molar-refractivity contribution in [1.82, 2.24) is 15.0 Å². The highest BCUT2D eigenvalue weighted by molar-refractivity contribution is 5.61. The van der Waals surface area contributed by atoms with Gasteiger partial charge in [-0.25, -0.2) is 15.0 Å². The fraction of sp³-hybridized carbons (Fsp3) is 0.308. The molecular formula is C13H13F3N4O. The van der Waals surface area contributed by atoms with Crippen LogP contribution in [-0.2, 0) is 6.18 Å². The van der Waals surface area contributed by atoms with Gasteiger partial charge in [0.25, 0.3) is 0 Å². The lowest BCUT2D eigenvalue weighted by Gasteiger charge is -2.11. The number of methoxy groups -OCH3 is 1. The van der Waals surface area contributed by atoms with Crippen molar-refractivity contribution in [2.45, 2.75) is 13.1 Å². The summed E-state index contributed by atoms with van der Waals surface area (Å²) < 4.78 is 43.6. The minimum atomic E-state index is -4.54. The molecule has 0 radical (unpaired) electrons. The SMILES string of the molecule is CCNc1nc(-c2ccnc(OC)c2)cc(C(F)(F)F)n1. The van der Waals surface area contributed by atoms with E-state index in [-0.39, 0.29) is 11.6 Å². The quantitative estimate of drug-likeness (QED) is 0.940. The van der Waals surface area contributed by atoms with Gasteiger partial charge in [-0.3, -0.25) is 0 Å². The van der Waals surface area contributed by atoms with E-state index in [4.69, 9.17) is 4.74 Å². The maximum absolute atomic E-state index is 12.9. The highest BCUT2D eigenvalue weighted by atomic mass is 19.4. The van der Waals surface area contributed by atoms with Crippen LogP contribution in [0, 0.1) is 0 Å².